The molecule has 0 atom stereocenters. The molecule has 17 heavy (non-hydrogen) atoms. The Morgan fingerprint density at radius 3 is 3.00 bits per heavy atom. The van der Waals surface area contributed by atoms with Gasteiger partial charge in [0.15, 0.2) is 5.78 Å². The minimum atomic E-state index is -0.263. The van der Waals surface area contributed by atoms with Gasteiger partial charge in [0.1, 0.15) is 5.82 Å². The number of benzene rings is 1. The minimum absolute atomic E-state index is 0.133. The quantitative estimate of drug-likeness (QED) is 0.430. The third kappa shape index (κ3) is 2.80. The summed E-state index contributed by atoms with van der Waals surface area (Å²) in [7, 11) is 0. The molecule has 0 amide bonds. The Kier molecular flexibility index (Phi) is 3.69. The van der Waals surface area contributed by atoms with Crippen molar-refractivity contribution in [3.63, 3.8) is 0 Å². The SMILES string of the molecule is C=CCCCC(=O)c1cc2cc(F)ccc2s1. The van der Waals surface area contributed by atoms with E-state index in [9.17, 15) is 9.18 Å². The second kappa shape index (κ2) is 5.23. The topological polar surface area (TPSA) is 17.1 Å². The van der Waals surface area contributed by atoms with Crippen LogP contribution in [-0.2, 0) is 0 Å². The van der Waals surface area contributed by atoms with Gasteiger partial charge in [0.2, 0.25) is 0 Å². The molecule has 0 N–H and O–H groups in total. The predicted molar refractivity (Wildman–Crippen MR) is 70.2 cm³/mol. The first-order valence-corrected chi connectivity index (χ1v) is 6.35. The number of hydrogen-bond acceptors (Lipinski definition) is 2. The van der Waals surface area contributed by atoms with Gasteiger partial charge in [-0.25, -0.2) is 4.39 Å². The van der Waals surface area contributed by atoms with Crippen LogP contribution in [0.15, 0.2) is 36.9 Å². The first kappa shape index (κ1) is 12.0. The summed E-state index contributed by atoms with van der Waals surface area (Å²) in [5.41, 5.74) is 0. The summed E-state index contributed by atoms with van der Waals surface area (Å²) < 4.78 is 14.0. The fraction of sp³-hybridized carbons (Fsp3) is 0.214. The third-order valence-corrected chi connectivity index (χ3v) is 3.72. The first-order chi connectivity index (χ1) is 8.20. The Labute approximate surface area is 104 Å². The van der Waals surface area contributed by atoms with Crippen LogP contribution >= 0.6 is 11.3 Å². The molecule has 0 saturated heterocycles. The van der Waals surface area contributed by atoms with E-state index in [0.717, 1.165) is 27.8 Å². The van der Waals surface area contributed by atoms with E-state index in [-0.39, 0.29) is 11.6 Å². The maximum atomic E-state index is 13.0. The monoisotopic (exact) mass is 248 g/mol. The highest BCUT2D eigenvalue weighted by Crippen LogP contribution is 2.27. The first-order valence-electron chi connectivity index (χ1n) is 5.54. The number of carbonyl (C=O) groups is 1. The van der Waals surface area contributed by atoms with Crippen molar-refractivity contribution in [3.8, 4) is 0 Å². The highest BCUT2D eigenvalue weighted by atomic mass is 32.1. The molecular weight excluding hydrogens is 235 g/mol. The average Bonchev–Trinajstić information content (AvgIpc) is 2.72. The van der Waals surface area contributed by atoms with E-state index in [2.05, 4.69) is 6.58 Å². The van der Waals surface area contributed by atoms with Gasteiger partial charge in [0, 0.05) is 11.1 Å². The Morgan fingerprint density at radius 1 is 1.41 bits per heavy atom. The number of carbonyl (C=O) groups excluding carboxylic acids is 1. The van der Waals surface area contributed by atoms with Crippen molar-refractivity contribution in [1.29, 1.82) is 0 Å². The lowest BCUT2D eigenvalue weighted by molar-refractivity contribution is 0.0984. The molecule has 0 spiro atoms. The van der Waals surface area contributed by atoms with Crippen LogP contribution in [0.4, 0.5) is 4.39 Å². The Hall–Kier alpha value is -1.48. The number of rotatable bonds is 5. The molecule has 1 aromatic carbocycles. The highest BCUT2D eigenvalue weighted by Gasteiger charge is 2.10. The van der Waals surface area contributed by atoms with Crippen molar-refractivity contribution in [2.75, 3.05) is 0 Å². The number of fused-ring (bicyclic) bond motifs is 1. The fourth-order valence-electron chi connectivity index (χ4n) is 1.68. The Balaban J connectivity index is 2.18. The number of thiophene rings is 1. The predicted octanol–water partition coefficient (Wildman–Crippen LogP) is 4.58. The number of Topliss-reactive ketones (excluding diaryl/α,β-unsaturated/α-hetero) is 1. The van der Waals surface area contributed by atoms with E-state index in [1.54, 1.807) is 12.1 Å². The van der Waals surface area contributed by atoms with Crippen molar-refractivity contribution < 1.29 is 9.18 Å². The van der Waals surface area contributed by atoms with Gasteiger partial charge in [-0.1, -0.05) is 6.08 Å². The molecule has 0 saturated carbocycles. The molecule has 88 valence electrons. The molecule has 0 aliphatic rings. The van der Waals surface area contributed by atoms with Gasteiger partial charge in [-0.2, -0.15) is 0 Å². The van der Waals surface area contributed by atoms with Crippen molar-refractivity contribution in [1.82, 2.24) is 0 Å². The molecule has 0 fully saturated rings. The number of ketones is 1. The van der Waals surface area contributed by atoms with Gasteiger partial charge < -0.3 is 0 Å². The minimum Gasteiger partial charge on any atom is -0.293 e. The van der Waals surface area contributed by atoms with Gasteiger partial charge in [0.05, 0.1) is 4.88 Å². The second-order valence-electron chi connectivity index (χ2n) is 3.90. The number of unbranched alkanes of at least 4 members (excludes halogenated alkanes) is 1. The van der Waals surface area contributed by atoms with Gasteiger partial charge in [0.25, 0.3) is 0 Å². The maximum Gasteiger partial charge on any atom is 0.172 e. The third-order valence-electron chi connectivity index (χ3n) is 2.57. The zero-order valence-corrected chi connectivity index (χ0v) is 10.2. The van der Waals surface area contributed by atoms with Crippen molar-refractivity contribution in [2.45, 2.75) is 19.3 Å². The number of hydrogen-bond donors (Lipinski definition) is 0. The molecular formula is C14H13FOS. The fourth-order valence-corrected chi connectivity index (χ4v) is 2.69. The van der Waals surface area contributed by atoms with Crippen LogP contribution in [0.2, 0.25) is 0 Å². The number of allylic oxidation sites excluding steroid dienone is 1. The lowest BCUT2D eigenvalue weighted by Crippen LogP contribution is -1.94. The smallest absolute Gasteiger partial charge is 0.172 e. The molecule has 0 unspecified atom stereocenters. The molecule has 0 aliphatic heterocycles. The molecule has 0 aliphatic carbocycles. The summed E-state index contributed by atoms with van der Waals surface area (Å²) in [6.45, 7) is 3.62. The Bertz CT molecular complexity index is 556. The molecule has 2 rings (SSSR count). The van der Waals surface area contributed by atoms with Crippen molar-refractivity contribution >= 4 is 27.2 Å². The van der Waals surface area contributed by atoms with E-state index in [1.165, 1.54) is 23.5 Å². The van der Waals surface area contributed by atoms with E-state index in [4.69, 9.17) is 0 Å². The highest BCUT2D eigenvalue weighted by molar-refractivity contribution is 7.20. The van der Waals surface area contributed by atoms with E-state index in [0.29, 0.717) is 6.42 Å². The van der Waals surface area contributed by atoms with Crippen molar-refractivity contribution in [2.24, 2.45) is 0 Å². The summed E-state index contributed by atoms with van der Waals surface area (Å²) in [5.74, 6) is -0.130. The summed E-state index contributed by atoms with van der Waals surface area (Å²) in [6, 6.07) is 6.38. The molecule has 1 heterocycles. The maximum absolute atomic E-state index is 13.0. The van der Waals surface area contributed by atoms with Crippen LogP contribution in [0.3, 0.4) is 0 Å². The number of halogens is 1. The van der Waals surface area contributed by atoms with Crippen LogP contribution in [0.1, 0.15) is 28.9 Å². The molecule has 1 nitrogen and oxygen atoms in total. The van der Waals surface area contributed by atoms with Crippen LogP contribution in [0.5, 0.6) is 0 Å². The molecule has 1 aromatic heterocycles. The second-order valence-corrected chi connectivity index (χ2v) is 4.98. The molecule has 0 bridgehead atoms. The average molecular weight is 248 g/mol. The van der Waals surface area contributed by atoms with Crippen LogP contribution in [0.25, 0.3) is 10.1 Å². The summed E-state index contributed by atoms with van der Waals surface area (Å²) in [4.78, 5) is 12.6. The summed E-state index contributed by atoms with van der Waals surface area (Å²) in [5, 5.41) is 0.807. The standard InChI is InChI=1S/C14H13FOS/c1-2-3-4-5-12(16)14-9-10-8-11(15)6-7-13(10)17-14/h2,6-9H,1,3-5H2. The van der Waals surface area contributed by atoms with Crippen molar-refractivity contribution in [3.05, 3.63) is 47.6 Å². The van der Waals surface area contributed by atoms with Crippen LogP contribution < -0.4 is 0 Å². The largest absolute Gasteiger partial charge is 0.293 e. The van der Waals surface area contributed by atoms with Crippen LogP contribution in [0, 0.1) is 5.82 Å². The Morgan fingerprint density at radius 2 is 2.24 bits per heavy atom. The van der Waals surface area contributed by atoms with Gasteiger partial charge in [-0.15, -0.1) is 17.9 Å². The summed E-state index contributed by atoms with van der Waals surface area (Å²) >= 11 is 1.43. The zero-order chi connectivity index (χ0) is 12.3. The van der Waals surface area contributed by atoms with E-state index < -0.39 is 0 Å². The van der Waals surface area contributed by atoms with E-state index in [1.807, 2.05) is 6.08 Å². The lowest BCUT2D eigenvalue weighted by atomic mass is 10.1. The van der Waals surface area contributed by atoms with Crippen LogP contribution in [-0.4, -0.2) is 5.78 Å². The van der Waals surface area contributed by atoms with Gasteiger partial charge in [-0.05, 0) is 42.5 Å². The van der Waals surface area contributed by atoms with Gasteiger partial charge >= 0.3 is 0 Å². The van der Waals surface area contributed by atoms with E-state index >= 15 is 0 Å². The zero-order valence-electron chi connectivity index (χ0n) is 9.41. The molecule has 3 heteroatoms. The lowest BCUT2D eigenvalue weighted by Gasteiger charge is -1.94. The normalized spacial score (nSPS) is 10.6. The summed E-state index contributed by atoms with van der Waals surface area (Å²) in [6.07, 6.45) is 4.02. The molecule has 0 radical (unpaired) electrons. The van der Waals surface area contributed by atoms with Gasteiger partial charge in [-0.3, -0.25) is 4.79 Å². The molecule has 2 aromatic rings.